The van der Waals surface area contributed by atoms with Crippen molar-refractivity contribution in [3.05, 3.63) is 81.6 Å². The van der Waals surface area contributed by atoms with E-state index in [9.17, 15) is 14.9 Å². The van der Waals surface area contributed by atoms with Gasteiger partial charge in [-0.05, 0) is 53.9 Å². The predicted molar refractivity (Wildman–Crippen MR) is 134 cm³/mol. The van der Waals surface area contributed by atoms with Crippen LogP contribution in [0.15, 0.2) is 61.1 Å². The van der Waals surface area contributed by atoms with E-state index in [4.69, 9.17) is 0 Å². The quantitative estimate of drug-likeness (QED) is 0.260. The number of rotatable bonds is 3. The first-order chi connectivity index (χ1) is 16.4. The van der Waals surface area contributed by atoms with Crippen molar-refractivity contribution < 1.29 is 9.59 Å². The number of H-pyrrole nitrogens is 2. The zero-order chi connectivity index (χ0) is 23.7. The summed E-state index contributed by atoms with van der Waals surface area (Å²) in [5.41, 5.74) is -0.871. The number of aromatic nitrogens is 3. The van der Waals surface area contributed by atoms with Gasteiger partial charge < -0.3 is 15.3 Å². The number of carbonyl (C=O) groups excluding carboxylic acids is 2. The molecule has 1 saturated heterocycles. The number of amides is 1. The van der Waals surface area contributed by atoms with Gasteiger partial charge in [0, 0.05) is 56.4 Å². The molecule has 0 aliphatic carbocycles. The highest BCUT2D eigenvalue weighted by Gasteiger charge is 2.75. The van der Waals surface area contributed by atoms with E-state index in [1.54, 1.807) is 25.6 Å². The van der Waals surface area contributed by atoms with E-state index in [1.165, 1.54) is 0 Å². The highest BCUT2D eigenvalue weighted by atomic mass is 127. The lowest BCUT2D eigenvalue weighted by molar-refractivity contribution is -0.128. The van der Waals surface area contributed by atoms with E-state index < -0.39 is 22.7 Å². The molecule has 3 atom stereocenters. The minimum atomic E-state index is -1.77. The minimum Gasteiger partial charge on any atom is -0.360 e. The van der Waals surface area contributed by atoms with Crippen LogP contribution in [-0.2, 0) is 10.3 Å². The molecule has 2 aromatic heterocycles. The van der Waals surface area contributed by atoms with Crippen molar-refractivity contribution in [3.8, 4) is 6.07 Å². The number of hydrogen-bond donors (Lipinski definition) is 3. The van der Waals surface area contributed by atoms with Crippen molar-refractivity contribution in [3.63, 3.8) is 0 Å². The van der Waals surface area contributed by atoms with Gasteiger partial charge in [0.25, 0.3) is 5.91 Å². The molecule has 4 aromatic rings. The zero-order valence-corrected chi connectivity index (χ0v) is 20.3. The van der Waals surface area contributed by atoms with Gasteiger partial charge in [0.2, 0.25) is 0 Å². The minimum absolute atomic E-state index is 0.299. The summed E-state index contributed by atoms with van der Waals surface area (Å²) >= 11 is 2.19. The molecule has 0 unspecified atom stereocenters. The second kappa shape index (κ2) is 7.25. The van der Waals surface area contributed by atoms with Crippen LogP contribution in [-0.4, -0.2) is 45.1 Å². The monoisotopic (exact) mass is 562 g/mol. The molecule has 0 bridgehead atoms. The Bertz CT molecular complexity index is 1520. The molecule has 1 amide bonds. The number of benzene rings is 2. The van der Waals surface area contributed by atoms with Crippen LogP contribution in [0.4, 0.5) is 5.69 Å². The average Bonchev–Trinajstić information content (AvgIpc) is 3.60. The molecule has 168 valence electrons. The molecule has 8 nitrogen and oxygen atoms in total. The summed E-state index contributed by atoms with van der Waals surface area (Å²) in [5.74, 6) is -0.936. The molecule has 4 heterocycles. The van der Waals surface area contributed by atoms with Crippen LogP contribution in [0.1, 0.15) is 27.7 Å². The topological polar surface area (TPSA) is 118 Å². The summed E-state index contributed by atoms with van der Waals surface area (Å²) in [5, 5.41) is 14.6. The van der Waals surface area contributed by atoms with Crippen LogP contribution in [0.3, 0.4) is 0 Å². The van der Waals surface area contributed by atoms with Gasteiger partial charge in [-0.2, -0.15) is 5.26 Å². The lowest BCUT2D eigenvalue weighted by atomic mass is 9.59. The summed E-state index contributed by atoms with van der Waals surface area (Å²) in [6.07, 6.45) is 4.91. The second-order valence-electron chi connectivity index (χ2n) is 8.76. The summed E-state index contributed by atoms with van der Waals surface area (Å²) in [6.45, 7) is 0.299. The molecule has 2 aliphatic heterocycles. The number of nitrogens with zero attached hydrogens (tertiary/aromatic N) is 3. The average molecular weight is 562 g/mol. The summed E-state index contributed by atoms with van der Waals surface area (Å²) in [6, 6.07) is 15.5. The van der Waals surface area contributed by atoms with Crippen LogP contribution in [0, 0.1) is 20.3 Å². The number of nitrogens with one attached hydrogen (secondary N) is 3. The fourth-order valence-electron chi connectivity index (χ4n) is 5.89. The van der Waals surface area contributed by atoms with Gasteiger partial charge >= 0.3 is 0 Å². The normalized spacial score (nSPS) is 26.0. The van der Waals surface area contributed by atoms with E-state index >= 15 is 0 Å². The van der Waals surface area contributed by atoms with Crippen LogP contribution in [0.2, 0.25) is 0 Å². The molecule has 0 radical (unpaired) electrons. The molecule has 1 fully saturated rings. The number of para-hydroxylation sites is 1. The van der Waals surface area contributed by atoms with E-state index in [2.05, 4.69) is 48.9 Å². The van der Waals surface area contributed by atoms with Crippen LogP contribution in [0.25, 0.3) is 10.9 Å². The van der Waals surface area contributed by atoms with Crippen molar-refractivity contribution in [2.75, 3.05) is 18.9 Å². The lowest BCUT2D eigenvalue weighted by Crippen LogP contribution is -2.58. The first-order valence-electron chi connectivity index (χ1n) is 10.8. The Hall–Kier alpha value is -3.49. The number of likely N-dealkylation sites (N-methyl/N-ethyl adjacent to an activating group) is 1. The largest absolute Gasteiger partial charge is 0.360 e. The molecule has 3 N–H and O–H groups in total. The number of likely N-dealkylation sites (tertiary alicyclic amines) is 1. The fourth-order valence-corrected chi connectivity index (χ4v) is 6.39. The number of nitriles is 1. The highest BCUT2D eigenvalue weighted by molar-refractivity contribution is 14.1. The van der Waals surface area contributed by atoms with Gasteiger partial charge in [0.1, 0.15) is 5.82 Å². The van der Waals surface area contributed by atoms with Crippen molar-refractivity contribution in [2.45, 2.75) is 11.5 Å². The van der Waals surface area contributed by atoms with Gasteiger partial charge in [0.05, 0.1) is 12.0 Å². The van der Waals surface area contributed by atoms with Crippen molar-refractivity contribution >= 4 is 50.9 Å². The molecule has 1 spiro atoms. The van der Waals surface area contributed by atoms with Crippen molar-refractivity contribution in [1.82, 2.24) is 19.9 Å². The van der Waals surface area contributed by atoms with Crippen molar-refractivity contribution in [1.29, 1.82) is 5.26 Å². The number of imidazole rings is 1. The number of Topliss-reactive ketones (excluding diaryl/α,β-unsaturated/α-hetero) is 1. The first kappa shape index (κ1) is 21.1. The number of fused-ring (bicyclic) bond motifs is 3. The Morgan fingerprint density at radius 3 is 2.85 bits per heavy atom. The third kappa shape index (κ3) is 2.42. The Balaban J connectivity index is 1.70. The number of aromatic amines is 2. The molecule has 0 saturated carbocycles. The predicted octanol–water partition coefficient (Wildman–Crippen LogP) is 3.77. The third-order valence-electron chi connectivity index (χ3n) is 7.29. The van der Waals surface area contributed by atoms with Gasteiger partial charge in [-0.3, -0.25) is 14.5 Å². The van der Waals surface area contributed by atoms with Crippen LogP contribution in [0.5, 0.6) is 0 Å². The first-order valence-corrected chi connectivity index (χ1v) is 11.9. The Morgan fingerprint density at radius 1 is 1.26 bits per heavy atom. The second-order valence-corrected chi connectivity index (χ2v) is 10.0. The SMILES string of the molecule is CN1C[C@H](c2ncc[nH]2)[C@@](C#N)(C(=O)c2c[nH]c3ccccc23)[C@@]12C(=O)Nc1ccc(I)cc12. The van der Waals surface area contributed by atoms with Crippen LogP contribution >= 0.6 is 22.6 Å². The Morgan fingerprint density at radius 2 is 2.09 bits per heavy atom. The van der Waals surface area contributed by atoms with E-state index in [0.717, 1.165) is 9.09 Å². The molecule has 34 heavy (non-hydrogen) atoms. The number of ketones is 1. The lowest BCUT2D eigenvalue weighted by Gasteiger charge is -2.40. The third-order valence-corrected chi connectivity index (χ3v) is 7.96. The summed E-state index contributed by atoms with van der Waals surface area (Å²) < 4.78 is 0.911. The smallest absolute Gasteiger partial charge is 0.251 e. The van der Waals surface area contributed by atoms with Gasteiger partial charge in [0.15, 0.2) is 16.7 Å². The maximum Gasteiger partial charge on any atom is 0.251 e. The molecular formula is C25H19IN6O2. The number of anilines is 1. The molecule has 6 rings (SSSR count). The molecule has 2 aromatic carbocycles. The molecule has 2 aliphatic rings. The standard InChI is InChI=1S/C25H19IN6O2/c1-32-12-18(22-28-8-9-29-22)24(13-27,21(33)16-11-30-19-5-3-2-4-15(16)19)25(32)17-10-14(26)6-7-20(17)31-23(25)34/h2-11,18,30H,12H2,1H3,(H,28,29)(H,31,34)/t18-,24+,25-/m1/s1. The number of hydrogen-bond acceptors (Lipinski definition) is 5. The molecule has 9 heteroatoms. The van der Waals surface area contributed by atoms with Crippen LogP contribution < -0.4 is 5.32 Å². The van der Waals surface area contributed by atoms with Crippen molar-refractivity contribution in [2.24, 2.45) is 5.41 Å². The Kier molecular flexibility index (Phi) is 4.49. The fraction of sp³-hybridized carbons (Fsp3) is 0.200. The number of carbonyl (C=O) groups is 2. The zero-order valence-electron chi connectivity index (χ0n) is 18.1. The molecular weight excluding hydrogens is 543 g/mol. The number of halogens is 1. The highest BCUT2D eigenvalue weighted by Crippen LogP contribution is 2.62. The maximum atomic E-state index is 14.6. The summed E-state index contributed by atoms with van der Waals surface area (Å²) in [7, 11) is 1.80. The van der Waals surface area contributed by atoms with E-state index in [-0.39, 0.29) is 5.91 Å². The van der Waals surface area contributed by atoms with Gasteiger partial charge in [-0.15, -0.1) is 0 Å². The van der Waals surface area contributed by atoms with E-state index in [1.807, 2.05) is 47.4 Å². The van der Waals surface area contributed by atoms with Gasteiger partial charge in [-0.25, -0.2) is 4.98 Å². The maximum absolute atomic E-state index is 14.6. The Labute approximate surface area is 208 Å². The van der Waals surface area contributed by atoms with E-state index in [0.29, 0.717) is 34.6 Å². The van der Waals surface area contributed by atoms with Gasteiger partial charge in [-0.1, -0.05) is 18.2 Å². The summed E-state index contributed by atoms with van der Waals surface area (Å²) in [4.78, 5) is 41.1.